The van der Waals surface area contributed by atoms with E-state index in [-0.39, 0.29) is 13.4 Å². The zero-order chi connectivity index (χ0) is 72.6. The number of benzene rings is 17. The fourth-order valence-corrected chi connectivity index (χ4v) is 19.0. The lowest BCUT2D eigenvalue weighted by atomic mass is 9.31. The van der Waals surface area contributed by atoms with Crippen LogP contribution in [0.4, 0.5) is 85.3 Å². The summed E-state index contributed by atoms with van der Waals surface area (Å²) in [5, 5.41) is 0. The van der Waals surface area contributed by atoms with E-state index in [2.05, 4.69) is 443 Å². The predicted molar refractivity (Wildman–Crippen MR) is 467 cm³/mol. The number of hydrogen-bond donors (Lipinski definition) is 0. The van der Waals surface area contributed by atoms with Crippen LogP contribution in [0.15, 0.2) is 428 Å². The van der Waals surface area contributed by atoms with Gasteiger partial charge in [0.05, 0.1) is 28.4 Å². The highest BCUT2D eigenvalue weighted by atomic mass is 32.2. The van der Waals surface area contributed by atoms with Gasteiger partial charge in [0.1, 0.15) is 0 Å². The van der Waals surface area contributed by atoms with Crippen molar-refractivity contribution in [2.24, 2.45) is 0 Å². The molecule has 0 spiro atoms. The minimum Gasteiger partial charge on any atom is -0.311 e. The van der Waals surface area contributed by atoms with E-state index in [1.165, 1.54) is 42.6 Å². The summed E-state index contributed by atoms with van der Waals surface area (Å²) in [5.74, 6) is 0. The molecular formula is C102H69B2N5S. The lowest BCUT2D eigenvalue weighted by Crippen LogP contribution is -2.64. The van der Waals surface area contributed by atoms with Gasteiger partial charge in [-0.05, 0) is 152 Å². The fraction of sp³-hybridized carbons (Fsp3) is 0. The van der Waals surface area contributed by atoms with Crippen molar-refractivity contribution in [2.45, 2.75) is 9.79 Å². The van der Waals surface area contributed by atoms with Crippen LogP contribution in [-0.2, 0) is 0 Å². The average molecular weight is 1420 g/mol. The Morgan fingerprint density at radius 3 is 1.08 bits per heavy atom. The van der Waals surface area contributed by atoms with Gasteiger partial charge in [0, 0.05) is 94.5 Å². The van der Waals surface area contributed by atoms with Gasteiger partial charge in [-0.1, -0.05) is 339 Å². The first-order valence-electron chi connectivity index (χ1n) is 37.9. The van der Waals surface area contributed by atoms with Crippen LogP contribution >= 0.6 is 11.8 Å². The van der Waals surface area contributed by atoms with E-state index in [0.29, 0.717) is 0 Å². The molecule has 0 unspecified atom stereocenters. The van der Waals surface area contributed by atoms with E-state index in [0.717, 1.165) is 141 Å². The minimum absolute atomic E-state index is 0.189. The third kappa shape index (κ3) is 10.8. The normalized spacial score (nSPS) is 12.6. The van der Waals surface area contributed by atoms with Crippen molar-refractivity contribution in [3.63, 3.8) is 0 Å². The molecule has 17 aromatic rings. The standard InChI is InChI=1S/C102H69B2N5S/c1-9-36-70(37-10-1)80-52-25-30-59-89(80)105(75-46-19-6-20-47-75)78-64-95-100-96(65-78)109(102-83(73-42-15-4-16-43-73)55-35-56-84(102)74-44-17-5-18-45-74)94-69-98-88(68-87(94)103(100)85-57-28-33-62-92(85)107(95)77-50-23-8-24-51-77)104-86-58-29-34-63-93(86)108(91-61-32-27-54-82(91)72-40-13-3-14-41-72)97-66-79(67-99(110-98)101(97)104)106(76-48-21-7-22-49-76)90-60-31-26-53-81(90)71-38-11-2-12-39-71/h1-69H. The molecule has 0 aliphatic carbocycles. The second-order valence-electron chi connectivity index (χ2n) is 28.6. The highest BCUT2D eigenvalue weighted by molar-refractivity contribution is 8.00. The Kier molecular flexibility index (Phi) is 16.0. The quantitative estimate of drug-likeness (QED) is 0.100. The number of nitrogens with zero attached hydrogens (tertiary/aromatic N) is 5. The molecule has 0 saturated heterocycles. The molecule has 0 amide bonds. The number of para-hydroxylation sites is 9. The van der Waals surface area contributed by atoms with Crippen molar-refractivity contribution in [3.8, 4) is 55.6 Å². The Balaban J connectivity index is 0.885. The summed E-state index contributed by atoms with van der Waals surface area (Å²) in [6.45, 7) is -0.427. The Morgan fingerprint density at radius 1 is 0.209 bits per heavy atom. The minimum atomic E-state index is -0.238. The second kappa shape index (κ2) is 27.2. The lowest BCUT2D eigenvalue weighted by molar-refractivity contribution is 1.22. The van der Waals surface area contributed by atoms with Crippen molar-refractivity contribution in [2.75, 3.05) is 24.5 Å². The van der Waals surface area contributed by atoms with Crippen LogP contribution in [0, 0.1) is 0 Å². The molecule has 8 heteroatoms. The molecule has 0 aromatic heterocycles. The summed E-state index contributed by atoms with van der Waals surface area (Å²) >= 11 is 1.91. The van der Waals surface area contributed by atoms with Crippen LogP contribution in [0.3, 0.4) is 0 Å². The molecule has 514 valence electrons. The molecule has 0 fully saturated rings. The van der Waals surface area contributed by atoms with E-state index in [4.69, 9.17) is 0 Å². The molecule has 21 rings (SSSR count). The van der Waals surface area contributed by atoms with Crippen molar-refractivity contribution in [1.29, 1.82) is 0 Å². The maximum atomic E-state index is 2.70. The van der Waals surface area contributed by atoms with E-state index in [1.807, 2.05) is 11.8 Å². The smallest absolute Gasteiger partial charge is 0.252 e. The molecule has 0 bridgehead atoms. The van der Waals surface area contributed by atoms with Crippen LogP contribution in [0.5, 0.6) is 0 Å². The highest BCUT2D eigenvalue weighted by Crippen LogP contribution is 2.56. The maximum Gasteiger partial charge on any atom is 0.252 e. The summed E-state index contributed by atoms with van der Waals surface area (Å²) in [7, 11) is 0. The largest absolute Gasteiger partial charge is 0.311 e. The second-order valence-corrected chi connectivity index (χ2v) is 29.7. The molecule has 5 nitrogen and oxygen atoms in total. The first kappa shape index (κ1) is 64.6. The van der Waals surface area contributed by atoms with Crippen LogP contribution < -0.4 is 57.3 Å². The number of hydrogen-bond acceptors (Lipinski definition) is 6. The Morgan fingerprint density at radius 2 is 0.573 bits per heavy atom. The lowest BCUT2D eigenvalue weighted by Gasteiger charge is -2.47. The first-order valence-corrected chi connectivity index (χ1v) is 38.7. The van der Waals surface area contributed by atoms with Gasteiger partial charge in [0.15, 0.2) is 0 Å². The van der Waals surface area contributed by atoms with Gasteiger partial charge in [0.2, 0.25) is 6.71 Å². The van der Waals surface area contributed by atoms with Crippen LogP contribution in [-0.4, -0.2) is 13.4 Å². The highest BCUT2D eigenvalue weighted by Gasteiger charge is 2.49. The van der Waals surface area contributed by atoms with Gasteiger partial charge in [-0.2, -0.15) is 0 Å². The van der Waals surface area contributed by atoms with E-state index >= 15 is 0 Å². The van der Waals surface area contributed by atoms with Gasteiger partial charge in [-0.25, -0.2) is 0 Å². The maximum absolute atomic E-state index is 2.70. The monoisotopic (exact) mass is 1420 g/mol. The molecular weight excluding hydrogens is 1350 g/mol. The average Bonchev–Trinajstić information content (AvgIpc) is 0.685. The third-order valence-corrected chi connectivity index (χ3v) is 23.6. The summed E-state index contributed by atoms with van der Waals surface area (Å²) in [4.78, 5) is 15.2. The van der Waals surface area contributed by atoms with Crippen molar-refractivity contribution >= 4 is 143 Å². The summed E-state index contributed by atoms with van der Waals surface area (Å²) in [6, 6.07) is 155. The SMILES string of the molecule is c1ccc(-c2ccccc2N(c2ccccc2)c2cc3c4c(c2)N(c2ccccc2-c2ccccc2)c2ccccc2B4c2cc4c(cc2S3)N(c2c(-c3ccccc3)cccc2-c2ccccc2)c2cc(N(c3ccccc3)c3ccccc3-c3ccccc3)cc3c2B4c2ccccc2N3c2ccccc2)cc1. The number of fused-ring (bicyclic) bond motifs is 8. The predicted octanol–water partition coefficient (Wildman–Crippen LogP) is 23.8. The van der Waals surface area contributed by atoms with Gasteiger partial charge < -0.3 is 24.5 Å². The zero-order valence-electron chi connectivity index (χ0n) is 60.1. The summed E-state index contributed by atoms with van der Waals surface area (Å²) in [5.41, 5.74) is 35.3. The van der Waals surface area contributed by atoms with Crippen LogP contribution in [0.25, 0.3) is 55.6 Å². The van der Waals surface area contributed by atoms with E-state index in [9.17, 15) is 0 Å². The molecule has 4 heterocycles. The fourth-order valence-electron chi connectivity index (χ4n) is 17.8. The first-order chi connectivity index (χ1) is 54.6. The Hall–Kier alpha value is -13.8. The summed E-state index contributed by atoms with van der Waals surface area (Å²) < 4.78 is 0. The summed E-state index contributed by atoms with van der Waals surface area (Å²) in [6.07, 6.45) is 0. The van der Waals surface area contributed by atoms with E-state index in [1.54, 1.807) is 0 Å². The number of rotatable bonds is 14. The van der Waals surface area contributed by atoms with Gasteiger partial charge in [0.25, 0.3) is 6.71 Å². The van der Waals surface area contributed by atoms with Crippen LogP contribution in [0.2, 0.25) is 0 Å². The van der Waals surface area contributed by atoms with E-state index < -0.39 is 0 Å². The van der Waals surface area contributed by atoms with Crippen molar-refractivity contribution in [1.82, 2.24) is 0 Å². The van der Waals surface area contributed by atoms with Gasteiger partial charge in [-0.15, -0.1) is 0 Å². The topological polar surface area (TPSA) is 16.2 Å². The molecule has 0 saturated carbocycles. The molecule has 4 aliphatic rings. The zero-order valence-corrected chi connectivity index (χ0v) is 61.0. The Bertz CT molecular complexity index is 6300. The number of anilines is 15. The van der Waals surface area contributed by atoms with Gasteiger partial charge >= 0.3 is 0 Å². The molecule has 17 aromatic carbocycles. The molecule has 0 N–H and O–H groups in total. The van der Waals surface area contributed by atoms with Crippen molar-refractivity contribution < 1.29 is 0 Å². The Labute approximate surface area is 647 Å². The van der Waals surface area contributed by atoms with Gasteiger partial charge in [-0.3, -0.25) is 0 Å². The van der Waals surface area contributed by atoms with Crippen LogP contribution in [0.1, 0.15) is 0 Å². The molecule has 0 atom stereocenters. The molecule has 4 aliphatic heterocycles. The molecule has 110 heavy (non-hydrogen) atoms. The molecule has 0 radical (unpaired) electrons. The third-order valence-electron chi connectivity index (χ3n) is 22.4. The van der Waals surface area contributed by atoms with Crippen molar-refractivity contribution in [3.05, 3.63) is 419 Å².